The maximum Gasteiger partial charge on any atom is 0.251 e. The van der Waals surface area contributed by atoms with Crippen molar-refractivity contribution in [3.8, 4) is 5.75 Å². The van der Waals surface area contributed by atoms with Gasteiger partial charge in [0.15, 0.2) is 0 Å². The summed E-state index contributed by atoms with van der Waals surface area (Å²) in [7, 11) is -3.95. The second-order valence-electron chi connectivity index (χ2n) is 9.31. The van der Waals surface area contributed by atoms with Crippen LogP contribution < -0.4 is 14.8 Å². The van der Waals surface area contributed by atoms with Gasteiger partial charge in [0.25, 0.3) is 5.91 Å². The number of rotatable bonds is 7. The summed E-state index contributed by atoms with van der Waals surface area (Å²) in [6.45, 7) is 5.71. The number of aliphatic hydroxyl groups excluding tert-OH is 1. The lowest BCUT2D eigenvalue weighted by molar-refractivity contribution is -0.0603. The van der Waals surface area contributed by atoms with E-state index in [1.165, 1.54) is 12.1 Å². The Bertz CT molecular complexity index is 1310. The van der Waals surface area contributed by atoms with Crippen molar-refractivity contribution in [2.75, 3.05) is 6.54 Å². The Morgan fingerprint density at radius 2 is 1.71 bits per heavy atom. The topological polar surface area (TPSA) is 105 Å². The van der Waals surface area contributed by atoms with Crippen molar-refractivity contribution in [2.45, 2.75) is 49.8 Å². The van der Waals surface area contributed by atoms with Gasteiger partial charge in [0.05, 0.1) is 10.9 Å². The Kier molecular flexibility index (Phi) is 6.98. The van der Waals surface area contributed by atoms with Gasteiger partial charge < -0.3 is 15.2 Å². The van der Waals surface area contributed by atoms with Crippen molar-refractivity contribution in [2.24, 2.45) is 0 Å². The maximum atomic E-state index is 13.1. The van der Waals surface area contributed by atoms with Crippen molar-refractivity contribution in [1.29, 1.82) is 0 Å². The van der Waals surface area contributed by atoms with Crippen molar-refractivity contribution in [3.63, 3.8) is 0 Å². The van der Waals surface area contributed by atoms with Gasteiger partial charge in [-0.2, -0.15) is 0 Å². The third-order valence-electron chi connectivity index (χ3n) is 6.16. The molecule has 2 atom stereocenters. The Morgan fingerprint density at radius 1 is 1.03 bits per heavy atom. The zero-order valence-electron chi connectivity index (χ0n) is 20.0. The van der Waals surface area contributed by atoms with Crippen LogP contribution in [0.1, 0.15) is 46.9 Å². The first-order valence-electron chi connectivity index (χ1n) is 11.5. The molecule has 0 saturated heterocycles. The summed E-state index contributed by atoms with van der Waals surface area (Å²) in [6, 6.07) is 20.1. The molecule has 0 aliphatic carbocycles. The number of carbonyl (C=O) groups is 1. The van der Waals surface area contributed by atoms with Crippen LogP contribution in [-0.2, 0) is 16.4 Å². The number of fused-ring (bicyclic) bond motifs is 1. The number of hydrogen-bond acceptors (Lipinski definition) is 5. The number of hydrogen-bond donors (Lipinski definition) is 3. The Hall–Kier alpha value is -3.20. The largest absolute Gasteiger partial charge is 0.485 e. The first-order chi connectivity index (χ1) is 16.6. The van der Waals surface area contributed by atoms with Gasteiger partial charge in [-0.3, -0.25) is 4.79 Å². The second kappa shape index (κ2) is 9.81. The molecule has 3 N–H and O–H groups in total. The van der Waals surface area contributed by atoms with Crippen LogP contribution in [0.15, 0.2) is 77.7 Å². The van der Waals surface area contributed by atoms with E-state index < -0.39 is 27.8 Å². The molecule has 8 heteroatoms. The van der Waals surface area contributed by atoms with Gasteiger partial charge in [-0.25, -0.2) is 13.1 Å². The van der Waals surface area contributed by atoms with Crippen LogP contribution in [0.25, 0.3) is 0 Å². The third kappa shape index (κ3) is 5.56. The van der Waals surface area contributed by atoms with E-state index in [0.29, 0.717) is 29.8 Å². The highest BCUT2D eigenvalue weighted by Gasteiger charge is 2.44. The smallest absolute Gasteiger partial charge is 0.251 e. The summed E-state index contributed by atoms with van der Waals surface area (Å²) in [5, 5.41) is 13.9. The Balaban J connectivity index is 1.58. The minimum absolute atomic E-state index is 0.0935. The molecule has 0 bridgehead atoms. The summed E-state index contributed by atoms with van der Waals surface area (Å²) in [5.74, 6) is 0.126. The van der Waals surface area contributed by atoms with Crippen LogP contribution in [0, 0.1) is 6.92 Å². The number of aliphatic hydroxyl groups is 1. The molecule has 0 radical (unpaired) electrons. The Labute approximate surface area is 206 Å². The van der Waals surface area contributed by atoms with Crippen LogP contribution in [-0.4, -0.2) is 37.7 Å². The van der Waals surface area contributed by atoms with Crippen LogP contribution >= 0.6 is 0 Å². The molecule has 1 aliphatic heterocycles. The van der Waals surface area contributed by atoms with E-state index >= 15 is 0 Å². The molecule has 1 heterocycles. The van der Waals surface area contributed by atoms with E-state index in [1.807, 2.05) is 37.3 Å². The van der Waals surface area contributed by atoms with Gasteiger partial charge in [0, 0.05) is 17.7 Å². The predicted octanol–water partition coefficient (Wildman–Crippen LogP) is 3.52. The summed E-state index contributed by atoms with van der Waals surface area (Å²) in [6.07, 6.45) is -0.501. The van der Waals surface area contributed by atoms with E-state index in [1.54, 1.807) is 44.2 Å². The van der Waals surface area contributed by atoms with Crippen LogP contribution in [0.5, 0.6) is 5.75 Å². The zero-order valence-corrected chi connectivity index (χ0v) is 20.8. The van der Waals surface area contributed by atoms with Gasteiger partial charge in [-0.15, -0.1) is 0 Å². The standard InChI is InChI=1S/C27H30N2O5S/c1-18-9-12-21(13-10-18)35(32,33)29-24-22-17-20(11-14-23(22)34-27(2,3)25(24)30)26(31)28-16-15-19-7-5-4-6-8-19/h4-14,17,24-25,29-30H,15-16H2,1-3H3,(H,28,31)/t24-,25+/m1/s1. The van der Waals surface area contributed by atoms with Gasteiger partial charge >= 0.3 is 0 Å². The molecule has 0 unspecified atom stereocenters. The second-order valence-corrected chi connectivity index (χ2v) is 11.0. The molecule has 3 aromatic rings. The maximum absolute atomic E-state index is 13.1. The van der Waals surface area contributed by atoms with Crippen LogP contribution in [0.2, 0.25) is 0 Å². The fraction of sp³-hybridized carbons (Fsp3) is 0.296. The molecular formula is C27H30N2O5S. The molecular weight excluding hydrogens is 464 g/mol. The SMILES string of the molecule is Cc1ccc(S(=O)(=O)N[C@@H]2c3cc(C(=O)NCCc4ccccc4)ccc3OC(C)(C)[C@H]2O)cc1. The lowest BCUT2D eigenvalue weighted by Crippen LogP contribution is -2.53. The fourth-order valence-electron chi connectivity index (χ4n) is 4.09. The minimum atomic E-state index is -3.95. The van der Waals surface area contributed by atoms with Crippen molar-refractivity contribution < 1.29 is 23.1 Å². The fourth-order valence-corrected chi connectivity index (χ4v) is 5.31. The van der Waals surface area contributed by atoms with E-state index in [9.17, 15) is 18.3 Å². The molecule has 0 fully saturated rings. The van der Waals surface area contributed by atoms with Crippen molar-refractivity contribution in [1.82, 2.24) is 10.0 Å². The number of nitrogens with one attached hydrogen (secondary N) is 2. The molecule has 1 aliphatic rings. The quantitative estimate of drug-likeness (QED) is 0.466. The highest BCUT2D eigenvalue weighted by atomic mass is 32.2. The first-order valence-corrected chi connectivity index (χ1v) is 13.0. The van der Waals surface area contributed by atoms with Crippen molar-refractivity contribution in [3.05, 3.63) is 95.1 Å². The number of amides is 1. The molecule has 3 aromatic carbocycles. The van der Waals surface area contributed by atoms with Crippen LogP contribution in [0.3, 0.4) is 0 Å². The van der Waals surface area contributed by atoms with Gasteiger partial charge in [-0.1, -0.05) is 48.0 Å². The number of sulfonamides is 1. The summed E-state index contributed by atoms with van der Waals surface area (Å²) in [4.78, 5) is 12.9. The lowest BCUT2D eigenvalue weighted by atomic mass is 9.86. The zero-order chi connectivity index (χ0) is 25.2. The molecule has 0 aromatic heterocycles. The third-order valence-corrected chi connectivity index (χ3v) is 7.62. The van der Waals surface area contributed by atoms with Crippen molar-refractivity contribution >= 4 is 15.9 Å². The molecule has 0 spiro atoms. The number of carbonyl (C=O) groups excluding carboxylic acids is 1. The molecule has 4 rings (SSSR count). The number of benzene rings is 3. The highest BCUT2D eigenvalue weighted by Crippen LogP contribution is 2.41. The minimum Gasteiger partial charge on any atom is -0.485 e. The normalized spacial score (nSPS) is 18.9. The predicted molar refractivity (Wildman–Crippen MR) is 134 cm³/mol. The summed E-state index contributed by atoms with van der Waals surface area (Å²) < 4.78 is 34.9. The van der Waals surface area contributed by atoms with Crippen LogP contribution in [0.4, 0.5) is 0 Å². The lowest BCUT2D eigenvalue weighted by Gasteiger charge is -2.42. The Morgan fingerprint density at radius 3 is 2.40 bits per heavy atom. The average Bonchev–Trinajstić information content (AvgIpc) is 2.82. The number of aryl methyl sites for hydroxylation is 1. The van der Waals surface area contributed by atoms with E-state index in [4.69, 9.17) is 4.74 Å². The average molecular weight is 495 g/mol. The van der Waals surface area contributed by atoms with Gasteiger partial charge in [-0.05, 0) is 63.1 Å². The first kappa shape index (κ1) is 24.9. The highest BCUT2D eigenvalue weighted by molar-refractivity contribution is 7.89. The molecule has 7 nitrogen and oxygen atoms in total. The number of ether oxygens (including phenoxy) is 1. The van der Waals surface area contributed by atoms with Gasteiger partial charge in [0.1, 0.15) is 17.5 Å². The molecule has 184 valence electrons. The molecule has 0 saturated carbocycles. The molecule has 35 heavy (non-hydrogen) atoms. The van der Waals surface area contributed by atoms with E-state index in [-0.39, 0.29) is 10.8 Å². The molecule has 1 amide bonds. The van der Waals surface area contributed by atoms with Gasteiger partial charge in [0.2, 0.25) is 10.0 Å². The monoisotopic (exact) mass is 494 g/mol. The van der Waals surface area contributed by atoms with E-state index in [0.717, 1.165) is 11.1 Å². The van der Waals surface area contributed by atoms with E-state index in [2.05, 4.69) is 10.0 Å². The summed E-state index contributed by atoms with van der Waals surface area (Å²) in [5.41, 5.74) is 1.76. The summed E-state index contributed by atoms with van der Waals surface area (Å²) >= 11 is 0.